The number of hydrogen-bond acceptors (Lipinski definition) is 6. The number of aryl methyl sites for hydroxylation is 1. The molecule has 240 valence electrons. The minimum Gasteiger partial charge on any atom is -0.331 e. The molecule has 2 amide bonds. The monoisotopic (exact) mass is 664 g/mol. The van der Waals surface area contributed by atoms with Crippen LogP contribution in [0.4, 0.5) is 13.9 Å². The van der Waals surface area contributed by atoms with E-state index in [4.69, 9.17) is 11.6 Å². The third kappa shape index (κ3) is 5.73. The van der Waals surface area contributed by atoms with Gasteiger partial charge in [-0.15, -0.1) is 11.3 Å². The molecule has 1 saturated heterocycles. The molecule has 1 fully saturated rings. The number of piperidine rings is 1. The largest absolute Gasteiger partial charge is 0.331 e. The van der Waals surface area contributed by atoms with Crippen molar-refractivity contribution in [1.82, 2.24) is 24.3 Å². The number of likely N-dealkylation sites (tertiary alicyclic amines) is 1. The first-order valence-corrected chi connectivity index (χ1v) is 17.0. The zero-order valence-electron chi connectivity index (χ0n) is 25.5. The van der Waals surface area contributed by atoms with Gasteiger partial charge in [-0.1, -0.05) is 36.7 Å². The van der Waals surface area contributed by atoms with Gasteiger partial charge < -0.3 is 14.4 Å². The third-order valence-electron chi connectivity index (χ3n) is 9.57. The predicted octanol–water partition coefficient (Wildman–Crippen LogP) is 6.60. The van der Waals surface area contributed by atoms with E-state index in [0.717, 1.165) is 43.5 Å². The van der Waals surface area contributed by atoms with Gasteiger partial charge in [-0.3, -0.25) is 14.9 Å². The number of halogens is 3. The lowest BCUT2D eigenvalue weighted by atomic mass is 9.84. The first kappa shape index (κ1) is 31.0. The highest BCUT2D eigenvalue weighted by atomic mass is 35.5. The quantitative estimate of drug-likeness (QED) is 0.218. The summed E-state index contributed by atoms with van der Waals surface area (Å²) >= 11 is 8.14. The van der Waals surface area contributed by atoms with E-state index in [9.17, 15) is 18.4 Å². The zero-order valence-corrected chi connectivity index (χ0v) is 27.1. The number of imidazole rings is 1. The number of carbonyl (C=O) groups is 2. The number of benzene rings is 2. The molecule has 2 atom stereocenters. The summed E-state index contributed by atoms with van der Waals surface area (Å²) in [7, 11) is 0. The molecule has 3 aliphatic heterocycles. The number of fused-ring (bicyclic) bond motifs is 2. The van der Waals surface area contributed by atoms with Gasteiger partial charge in [0.05, 0.1) is 18.6 Å². The van der Waals surface area contributed by atoms with Crippen LogP contribution in [0.25, 0.3) is 11.1 Å². The number of amides is 2. The Morgan fingerprint density at radius 3 is 2.74 bits per heavy atom. The van der Waals surface area contributed by atoms with E-state index in [1.807, 2.05) is 12.1 Å². The van der Waals surface area contributed by atoms with Crippen molar-refractivity contribution in [3.8, 4) is 11.1 Å². The fourth-order valence-corrected chi connectivity index (χ4v) is 8.04. The topological polar surface area (TPSA) is 83.4 Å². The van der Waals surface area contributed by atoms with Crippen LogP contribution in [-0.2, 0) is 30.7 Å². The predicted molar refractivity (Wildman–Crippen MR) is 175 cm³/mol. The van der Waals surface area contributed by atoms with Crippen LogP contribution in [0.3, 0.4) is 0 Å². The van der Waals surface area contributed by atoms with Crippen LogP contribution in [0.5, 0.6) is 0 Å². The van der Waals surface area contributed by atoms with Gasteiger partial charge in [0.2, 0.25) is 0 Å². The summed E-state index contributed by atoms with van der Waals surface area (Å²) < 4.78 is 28.9. The first-order valence-electron chi connectivity index (χ1n) is 15.8. The molecule has 0 radical (unpaired) electrons. The Morgan fingerprint density at radius 1 is 1.17 bits per heavy atom. The fraction of sp³-hybridized carbons (Fsp3) is 0.412. The minimum atomic E-state index is -1.09. The number of hydrogen-bond donors (Lipinski definition) is 1. The van der Waals surface area contributed by atoms with Gasteiger partial charge in [0.15, 0.2) is 11.2 Å². The Hall–Kier alpha value is -3.67. The Balaban J connectivity index is 1.19. The molecule has 0 saturated carbocycles. The number of rotatable bonds is 9. The van der Waals surface area contributed by atoms with Crippen LogP contribution < -0.4 is 5.32 Å². The Morgan fingerprint density at radius 2 is 2.00 bits per heavy atom. The number of aromatic nitrogens is 3. The van der Waals surface area contributed by atoms with E-state index in [1.165, 1.54) is 33.7 Å². The Labute approximate surface area is 275 Å². The molecule has 7 rings (SSSR count). The van der Waals surface area contributed by atoms with Crippen LogP contribution in [-0.4, -0.2) is 68.6 Å². The molecule has 0 bridgehead atoms. The molecule has 4 aromatic rings. The van der Waals surface area contributed by atoms with E-state index < -0.39 is 18.1 Å². The summed E-state index contributed by atoms with van der Waals surface area (Å²) in [6.45, 7) is 4.43. The van der Waals surface area contributed by atoms with Crippen molar-refractivity contribution < 1.29 is 18.4 Å². The van der Waals surface area contributed by atoms with Gasteiger partial charge in [-0.05, 0) is 72.7 Å². The molecular weight excluding hydrogens is 630 g/mol. The molecule has 46 heavy (non-hydrogen) atoms. The summed E-state index contributed by atoms with van der Waals surface area (Å²) in [5.41, 5.74) is 6.44. The molecule has 12 heteroatoms. The van der Waals surface area contributed by atoms with E-state index in [0.29, 0.717) is 45.1 Å². The van der Waals surface area contributed by atoms with E-state index >= 15 is 0 Å². The number of anilines is 1. The summed E-state index contributed by atoms with van der Waals surface area (Å²) in [4.78, 5) is 40.3. The van der Waals surface area contributed by atoms with Crippen molar-refractivity contribution in [2.75, 3.05) is 31.6 Å². The average molecular weight is 665 g/mol. The van der Waals surface area contributed by atoms with Crippen molar-refractivity contribution in [1.29, 1.82) is 0 Å². The van der Waals surface area contributed by atoms with Crippen molar-refractivity contribution in [3.05, 3.63) is 86.9 Å². The minimum absolute atomic E-state index is 0.120. The lowest BCUT2D eigenvalue weighted by Gasteiger charge is -2.32. The second-order valence-corrected chi connectivity index (χ2v) is 13.6. The van der Waals surface area contributed by atoms with Crippen LogP contribution in [0.2, 0.25) is 5.02 Å². The highest BCUT2D eigenvalue weighted by molar-refractivity contribution is 7.13. The van der Waals surface area contributed by atoms with Gasteiger partial charge in [0.25, 0.3) is 11.8 Å². The lowest BCUT2D eigenvalue weighted by molar-refractivity contribution is -0.121. The SMILES string of the molecule is CCc1cc(-c2cc(Cl)c3c(c2)C(=O)N(C(C(=O)Nc2nccs2)c2ncn4c2CC(F)C4)C3)ccc1C1CCN(CCF)CC1. The molecule has 2 aromatic heterocycles. The first-order chi connectivity index (χ1) is 22.3. The van der Waals surface area contributed by atoms with Gasteiger partial charge in [0, 0.05) is 52.9 Å². The fourth-order valence-electron chi connectivity index (χ4n) is 7.23. The number of nitrogens with one attached hydrogen (secondary N) is 1. The molecular formula is C34H35ClF2N6O2S. The second-order valence-electron chi connectivity index (χ2n) is 12.2. The molecule has 2 aromatic carbocycles. The van der Waals surface area contributed by atoms with Crippen LogP contribution in [0.15, 0.2) is 48.2 Å². The maximum Gasteiger partial charge on any atom is 0.255 e. The maximum atomic E-state index is 14.4. The number of alkyl halides is 2. The number of nitrogens with zero attached hydrogens (tertiary/aromatic N) is 5. The lowest BCUT2D eigenvalue weighted by Crippen LogP contribution is -2.38. The van der Waals surface area contributed by atoms with Crippen molar-refractivity contribution >= 4 is 39.9 Å². The van der Waals surface area contributed by atoms with E-state index in [2.05, 4.69) is 45.3 Å². The third-order valence-corrected chi connectivity index (χ3v) is 10.6. The zero-order chi connectivity index (χ0) is 31.9. The molecule has 5 heterocycles. The average Bonchev–Trinajstić information content (AvgIpc) is 3.85. The van der Waals surface area contributed by atoms with Crippen molar-refractivity contribution in [2.24, 2.45) is 0 Å². The molecule has 2 unspecified atom stereocenters. The highest BCUT2D eigenvalue weighted by Crippen LogP contribution is 2.41. The summed E-state index contributed by atoms with van der Waals surface area (Å²) in [5, 5.41) is 5.42. The molecule has 0 aliphatic carbocycles. The van der Waals surface area contributed by atoms with Crippen molar-refractivity contribution in [2.45, 2.75) is 63.8 Å². The molecule has 1 N–H and O–H groups in total. The van der Waals surface area contributed by atoms with Gasteiger partial charge in [0.1, 0.15) is 12.8 Å². The van der Waals surface area contributed by atoms with Crippen molar-refractivity contribution in [3.63, 3.8) is 0 Å². The smallest absolute Gasteiger partial charge is 0.255 e. The highest BCUT2D eigenvalue weighted by Gasteiger charge is 2.42. The Bertz CT molecular complexity index is 1770. The van der Waals surface area contributed by atoms with Crippen LogP contribution >= 0.6 is 22.9 Å². The van der Waals surface area contributed by atoms with Gasteiger partial charge in [-0.25, -0.2) is 18.7 Å². The van der Waals surface area contributed by atoms with Gasteiger partial charge in [-0.2, -0.15) is 0 Å². The van der Waals surface area contributed by atoms with E-state index in [1.54, 1.807) is 16.1 Å². The number of carbonyl (C=O) groups excluding carboxylic acids is 2. The second kappa shape index (κ2) is 12.8. The van der Waals surface area contributed by atoms with Crippen LogP contribution in [0, 0.1) is 0 Å². The summed E-state index contributed by atoms with van der Waals surface area (Å²) in [6, 6.07) is 9.11. The van der Waals surface area contributed by atoms with E-state index in [-0.39, 0.29) is 32.1 Å². The number of thiazole rings is 1. The molecule has 8 nitrogen and oxygen atoms in total. The van der Waals surface area contributed by atoms with Crippen LogP contribution in [0.1, 0.15) is 70.2 Å². The summed E-state index contributed by atoms with van der Waals surface area (Å²) in [6.07, 6.45) is 5.05. The summed E-state index contributed by atoms with van der Waals surface area (Å²) in [5.74, 6) is -0.361. The Kier molecular flexibility index (Phi) is 8.65. The maximum absolute atomic E-state index is 14.4. The standard InChI is InChI=1S/C34H35ClF2N6O2S/c1-2-20-13-22(3-4-25(20)21-5-9-41(10-6-21)11-7-36)23-14-26-27(28(35)15-23)18-43(33(26)45)31(32(44)40-34-38-8-12-46-34)30-29-16-24(37)17-42(29)19-39-30/h3-4,8,12-15,19,21,24,31H,2,5-7,9-11,16-18H2,1H3,(H,38,40,44). The molecule has 3 aliphatic rings. The normalized spacial score (nSPS) is 19.0. The molecule has 0 spiro atoms. The van der Waals surface area contributed by atoms with Gasteiger partial charge >= 0.3 is 0 Å².